The average Bonchev–Trinajstić information content (AvgIpc) is 2.49. The van der Waals surface area contributed by atoms with Crippen LogP contribution in [0.3, 0.4) is 0 Å². The number of carbonyl (C=O) groups excluding carboxylic acids is 1. The maximum absolute atomic E-state index is 12.6. The van der Waals surface area contributed by atoms with Crippen LogP contribution in [0.15, 0.2) is 29.2 Å². The number of amides is 1. The van der Waals surface area contributed by atoms with E-state index < -0.39 is 10.0 Å². The first-order chi connectivity index (χ1) is 9.86. The molecule has 1 saturated heterocycles. The first kappa shape index (κ1) is 15.9. The van der Waals surface area contributed by atoms with Gasteiger partial charge in [-0.3, -0.25) is 4.79 Å². The van der Waals surface area contributed by atoms with Crippen LogP contribution >= 0.6 is 0 Å². The third kappa shape index (κ3) is 3.25. The van der Waals surface area contributed by atoms with E-state index in [0.29, 0.717) is 24.6 Å². The summed E-state index contributed by atoms with van der Waals surface area (Å²) in [5, 5.41) is 2.50. The summed E-state index contributed by atoms with van der Waals surface area (Å²) >= 11 is 0. The third-order valence-corrected chi connectivity index (χ3v) is 5.84. The molecule has 0 saturated carbocycles. The molecule has 1 aliphatic rings. The number of nitrogens with zero attached hydrogens (tertiary/aromatic N) is 1. The monoisotopic (exact) mass is 311 g/mol. The van der Waals surface area contributed by atoms with Crippen LogP contribution in [0, 0.1) is 5.92 Å². The van der Waals surface area contributed by atoms with Gasteiger partial charge in [-0.05, 0) is 36.6 Å². The fourth-order valence-electron chi connectivity index (χ4n) is 2.36. The molecule has 7 heteroatoms. The molecule has 1 aromatic carbocycles. The second-order valence-electron chi connectivity index (χ2n) is 5.40. The standard InChI is InChI=1S/C14H21N3O3S/c1-10-7-8-17(9-13(10)15)21(19,20)12-5-3-11(4-6-12)14(18)16-2/h3-6,10,13H,7-9,15H2,1-2H3,(H,16,18). The molecule has 1 fully saturated rings. The van der Waals surface area contributed by atoms with Gasteiger partial charge in [0.2, 0.25) is 10.0 Å². The number of carbonyl (C=O) groups is 1. The predicted molar refractivity (Wildman–Crippen MR) is 80.3 cm³/mol. The van der Waals surface area contributed by atoms with E-state index >= 15 is 0 Å². The molecule has 2 rings (SSSR count). The molecule has 0 spiro atoms. The van der Waals surface area contributed by atoms with Gasteiger partial charge in [-0.15, -0.1) is 0 Å². The molecule has 1 amide bonds. The molecule has 1 aromatic rings. The number of sulfonamides is 1. The smallest absolute Gasteiger partial charge is 0.251 e. The summed E-state index contributed by atoms with van der Waals surface area (Å²) in [6.07, 6.45) is 0.761. The quantitative estimate of drug-likeness (QED) is 0.845. The van der Waals surface area contributed by atoms with E-state index in [1.807, 2.05) is 6.92 Å². The van der Waals surface area contributed by atoms with Crippen LogP contribution in [0.25, 0.3) is 0 Å². The van der Waals surface area contributed by atoms with Gasteiger partial charge < -0.3 is 11.1 Å². The molecule has 21 heavy (non-hydrogen) atoms. The van der Waals surface area contributed by atoms with Gasteiger partial charge in [-0.1, -0.05) is 6.92 Å². The summed E-state index contributed by atoms with van der Waals surface area (Å²) in [6, 6.07) is 5.81. The van der Waals surface area contributed by atoms with Crippen molar-refractivity contribution < 1.29 is 13.2 Å². The Kier molecular flexibility index (Phi) is 4.65. The summed E-state index contributed by atoms with van der Waals surface area (Å²) in [5.41, 5.74) is 6.40. The summed E-state index contributed by atoms with van der Waals surface area (Å²) in [5.74, 6) is 0.0832. The average molecular weight is 311 g/mol. The molecule has 2 atom stereocenters. The van der Waals surface area contributed by atoms with Crippen molar-refractivity contribution in [1.29, 1.82) is 0 Å². The van der Waals surface area contributed by atoms with Gasteiger partial charge in [0.05, 0.1) is 4.90 Å². The number of piperidine rings is 1. The molecular formula is C14H21N3O3S. The zero-order valence-corrected chi connectivity index (χ0v) is 13.1. The molecule has 0 bridgehead atoms. The number of rotatable bonds is 3. The molecule has 1 heterocycles. The highest BCUT2D eigenvalue weighted by Gasteiger charge is 2.32. The van der Waals surface area contributed by atoms with E-state index in [1.54, 1.807) is 0 Å². The Morgan fingerprint density at radius 3 is 2.48 bits per heavy atom. The summed E-state index contributed by atoms with van der Waals surface area (Å²) in [4.78, 5) is 11.7. The van der Waals surface area contributed by atoms with Gasteiger partial charge in [-0.2, -0.15) is 4.31 Å². The van der Waals surface area contributed by atoms with Gasteiger partial charge in [-0.25, -0.2) is 8.42 Å². The van der Waals surface area contributed by atoms with E-state index in [9.17, 15) is 13.2 Å². The fraction of sp³-hybridized carbons (Fsp3) is 0.500. The Hall–Kier alpha value is -1.44. The number of benzene rings is 1. The van der Waals surface area contributed by atoms with E-state index in [4.69, 9.17) is 5.73 Å². The van der Waals surface area contributed by atoms with Crippen LogP contribution in [0.2, 0.25) is 0 Å². The van der Waals surface area contributed by atoms with Crippen molar-refractivity contribution >= 4 is 15.9 Å². The molecule has 0 aliphatic carbocycles. The van der Waals surface area contributed by atoms with Gasteiger partial charge in [0, 0.05) is 31.7 Å². The van der Waals surface area contributed by atoms with Gasteiger partial charge >= 0.3 is 0 Å². The normalized spacial score (nSPS) is 23.8. The van der Waals surface area contributed by atoms with Crippen LogP contribution in [-0.4, -0.2) is 44.8 Å². The first-order valence-electron chi connectivity index (χ1n) is 6.94. The van der Waals surface area contributed by atoms with Crippen LogP contribution in [0.5, 0.6) is 0 Å². The Morgan fingerprint density at radius 2 is 1.95 bits per heavy atom. The van der Waals surface area contributed by atoms with E-state index in [2.05, 4.69) is 5.32 Å². The van der Waals surface area contributed by atoms with Crippen molar-refractivity contribution in [2.75, 3.05) is 20.1 Å². The molecule has 0 radical (unpaired) electrons. The van der Waals surface area contributed by atoms with Gasteiger partial charge in [0.25, 0.3) is 5.91 Å². The topological polar surface area (TPSA) is 92.5 Å². The maximum Gasteiger partial charge on any atom is 0.251 e. The maximum atomic E-state index is 12.6. The lowest BCUT2D eigenvalue weighted by atomic mass is 9.96. The lowest BCUT2D eigenvalue weighted by Crippen LogP contribution is -2.49. The van der Waals surface area contributed by atoms with Crippen LogP contribution in [-0.2, 0) is 10.0 Å². The predicted octanol–water partition coefficient (Wildman–Crippen LogP) is 0.404. The lowest BCUT2D eigenvalue weighted by Gasteiger charge is -2.34. The van der Waals surface area contributed by atoms with Crippen molar-refractivity contribution in [3.63, 3.8) is 0 Å². The second kappa shape index (κ2) is 6.13. The molecule has 1 aliphatic heterocycles. The van der Waals surface area contributed by atoms with Crippen molar-refractivity contribution in [3.05, 3.63) is 29.8 Å². The molecule has 0 aromatic heterocycles. The Morgan fingerprint density at radius 1 is 1.33 bits per heavy atom. The second-order valence-corrected chi connectivity index (χ2v) is 7.33. The molecular weight excluding hydrogens is 290 g/mol. The van der Waals surface area contributed by atoms with Gasteiger partial charge in [0.1, 0.15) is 0 Å². The SMILES string of the molecule is CNC(=O)c1ccc(S(=O)(=O)N2CCC(C)C(N)C2)cc1. The largest absolute Gasteiger partial charge is 0.355 e. The minimum atomic E-state index is -3.55. The summed E-state index contributed by atoms with van der Waals surface area (Å²) in [7, 11) is -2.01. The van der Waals surface area contributed by atoms with Crippen LogP contribution in [0.1, 0.15) is 23.7 Å². The van der Waals surface area contributed by atoms with Gasteiger partial charge in [0.15, 0.2) is 0 Å². The number of hydrogen-bond donors (Lipinski definition) is 2. The number of hydrogen-bond acceptors (Lipinski definition) is 4. The highest BCUT2D eigenvalue weighted by molar-refractivity contribution is 7.89. The van der Waals surface area contributed by atoms with Crippen molar-refractivity contribution in [3.8, 4) is 0 Å². The molecule has 6 nitrogen and oxygen atoms in total. The molecule has 116 valence electrons. The third-order valence-electron chi connectivity index (χ3n) is 3.96. The van der Waals surface area contributed by atoms with Crippen molar-refractivity contribution in [1.82, 2.24) is 9.62 Å². The van der Waals surface area contributed by atoms with E-state index in [0.717, 1.165) is 6.42 Å². The summed E-state index contributed by atoms with van der Waals surface area (Å²) in [6.45, 7) is 2.85. The van der Waals surface area contributed by atoms with Crippen LogP contribution in [0.4, 0.5) is 0 Å². The van der Waals surface area contributed by atoms with Crippen molar-refractivity contribution in [2.45, 2.75) is 24.3 Å². The highest BCUT2D eigenvalue weighted by atomic mass is 32.2. The fourth-order valence-corrected chi connectivity index (χ4v) is 3.85. The Labute approximate surface area is 125 Å². The Bertz CT molecular complexity index is 613. The van der Waals surface area contributed by atoms with E-state index in [-0.39, 0.29) is 16.8 Å². The molecule has 2 unspecified atom stereocenters. The lowest BCUT2D eigenvalue weighted by molar-refractivity contribution is 0.0963. The number of nitrogens with one attached hydrogen (secondary N) is 1. The molecule has 3 N–H and O–H groups in total. The van der Waals surface area contributed by atoms with Crippen molar-refractivity contribution in [2.24, 2.45) is 11.7 Å². The first-order valence-corrected chi connectivity index (χ1v) is 8.38. The highest BCUT2D eigenvalue weighted by Crippen LogP contribution is 2.23. The van der Waals surface area contributed by atoms with Crippen LogP contribution < -0.4 is 11.1 Å². The zero-order chi connectivity index (χ0) is 15.6. The summed E-state index contributed by atoms with van der Waals surface area (Å²) < 4.78 is 26.5. The minimum absolute atomic E-state index is 0.140. The zero-order valence-electron chi connectivity index (χ0n) is 12.2. The Balaban J connectivity index is 2.22. The minimum Gasteiger partial charge on any atom is -0.355 e. The number of nitrogens with two attached hydrogens (primary N) is 1. The van der Waals surface area contributed by atoms with E-state index in [1.165, 1.54) is 35.6 Å².